The maximum absolute atomic E-state index is 9.96. The van der Waals surface area contributed by atoms with E-state index >= 15 is 0 Å². The molecular weight excluding hydrogens is 401 g/mol. The number of rotatable bonds is 3. The van der Waals surface area contributed by atoms with Crippen molar-refractivity contribution in [3.8, 4) is 0 Å². The lowest BCUT2D eigenvalue weighted by Gasteiger charge is -2.21. The van der Waals surface area contributed by atoms with Crippen LogP contribution in [-0.2, 0) is 12.0 Å². The van der Waals surface area contributed by atoms with Gasteiger partial charge in [0.05, 0.1) is 23.4 Å². The summed E-state index contributed by atoms with van der Waals surface area (Å²) in [7, 11) is 0. The second-order valence-corrected chi connectivity index (χ2v) is 8.79. The first-order valence-corrected chi connectivity index (χ1v) is 9.83. The van der Waals surface area contributed by atoms with Crippen molar-refractivity contribution in [1.82, 2.24) is 29.9 Å². The summed E-state index contributed by atoms with van der Waals surface area (Å²) < 4.78 is 1.66. The van der Waals surface area contributed by atoms with E-state index in [9.17, 15) is 5.11 Å². The van der Waals surface area contributed by atoms with E-state index in [1.807, 2.05) is 4.90 Å². The Labute approximate surface area is 172 Å². The summed E-state index contributed by atoms with van der Waals surface area (Å²) in [6.45, 7) is 7.69. The van der Waals surface area contributed by atoms with Gasteiger partial charge < -0.3 is 10.0 Å². The molecule has 1 aliphatic heterocycles. The molecule has 4 heterocycles. The number of fused-ring (bicyclic) bond motifs is 1. The third-order valence-electron chi connectivity index (χ3n) is 4.66. The average molecular weight is 422 g/mol. The molecule has 10 heteroatoms. The molecule has 0 spiro atoms. The van der Waals surface area contributed by atoms with Gasteiger partial charge in [0, 0.05) is 18.5 Å². The molecule has 1 saturated heterocycles. The van der Waals surface area contributed by atoms with Gasteiger partial charge in [0.2, 0.25) is 0 Å². The fraction of sp³-hybridized carbons (Fsp3) is 0.500. The standard InChI is InChI=1S/C18H21Cl2N7O/c1-18(2,3)17-22-15(26-7-6-10(28)8-26)14-16(23-17)27(25-24-14)9-12-11(19)4-5-13(20)21-12/h4-5,10,28H,6-9H2,1-3H3. The first kappa shape index (κ1) is 19.3. The number of pyridine rings is 1. The van der Waals surface area contributed by atoms with Crippen LogP contribution < -0.4 is 4.90 Å². The van der Waals surface area contributed by atoms with E-state index in [0.717, 1.165) is 0 Å². The van der Waals surface area contributed by atoms with E-state index < -0.39 is 0 Å². The molecule has 3 aromatic rings. The number of β-amino-alcohol motifs (C(OH)–C–C–N with tert-alkyl or cyclic N) is 1. The Kier molecular flexibility index (Phi) is 4.89. The van der Waals surface area contributed by atoms with E-state index in [-0.39, 0.29) is 11.5 Å². The lowest BCUT2D eigenvalue weighted by Crippen LogP contribution is -2.25. The summed E-state index contributed by atoms with van der Waals surface area (Å²) in [6, 6.07) is 3.35. The molecule has 0 aromatic carbocycles. The smallest absolute Gasteiger partial charge is 0.184 e. The first-order chi connectivity index (χ1) is 13.2. The predicted octanol–water partition coefficient (Wildman–Crippen LogP) is 2.84. The average Bonchev–Trinajstić information content (AvgIpc) is 3.23. The lowest BCUT2D eigenvalue weighted by molar-refractivity contribution is 0.198. The molecule has 0 aliphatic carbocycles. The molecular formula is C18H21Cl2N7O. The molecule has 1 fully saturated rings. The predicted molar refractivity (Wildman–Crippen MR) is 108 cm³/mol. The molecule has 4 rings (SSSR count). The van der Waals surface area contributed by atoms with Crippen LogP contribution in [0.2, 0.25) is 10.2 Å². The molecule has 1 atom stereocenters. The van der Waals surface area contributed by atoms with E-state index in [1.165, 1.54) is 0 Å². The van der Waals surface area contributed by atoms with E-state index in [2.05, 4.69) is 36.1 Å². The Morgan fingerprint density at radius 3 is 2.64 bits per heavy atom. The Morgan fingerprint density at radius 2 is 1.96 bits per heavy atom. The fourth-order valence-electron chi connectivity index (χ4n) is 3.15. The maximum Gasteiger partial charge on any atom is 0.184 e. The molecule has 0 amide bonds. The van der Waals surface area contributed by atoms with Gasteiger partial charge >= 0.3 is 0 Å². The fourth-order valence-corrected chi connectivity index (χ4v) is 3.48. The Hall–Kier alpha value is -2.03. The maximum atomic E-state index is 9.96. The SMILES string of the molecule is CC(C)(C)c1nc(N2CCC(O)C2)c2nnn(Cc3nc(Cl)ccc3Cl)c2n1. The van der Waals surface area contributed by atoms with Crippen molar-refractivity contribution in [3.63, 3.8) is 0 Å². The minimum atomic E-state index is -0.368. The van der Waals surface area contributed by atoms with Gasteiger partial charge in [0.25, 0.3) is 0 Å². The van der Waals surface area contributed by atoms with Crippen molar-refractivity contribution in [2.45, 2.75) is 45.3 Å². The monoisotopic (exact) mass is 421 g/mol. The van der Waals surface area contributed by atoms with E-state index in [1.54, 1.807) is 16.8 Å². The van der Waals surface area contributed by atoms with E-state index in [0.29, 0.717) is 64.7 Å². The van der Waals surface area contributed by atoms with Crippen LogP contribution in [0.25, 0.3) is 11.2 Å². The highest BCUT2D eigenvalue weighted by molar-refractivity contribution is 6.32. The zero-order chi connectivity index (χ0) is 20.1. The first-order valence-electron chi connectivity index (χ1n) is 9.08. The quantitative estimate of drug-likeness (QED) is 0.649. The highest BCUT2D eigenvalue weighted by atomic mass is 35.5. The highest BCUT2D eigenvalue weighted by Crippen LogP contribution is 2.29. The normalized spacial score (nSPS) is 17.6. The number of aliphatic hydroxyl groups excluding tert-OH is 1. The summed E-state index contributed by atoms with van der Waals surface area (Å²) in [5.74, 6) is 1.38. The second kappa shape index (κ2) is 7.09. The van der Waals surface area contributed by atoms with Crippen molar-refractivity contribution >= 4 is 40.2 Å². The minimum absolute atomic E-state index is 0.262. The molecule has 0 saturated carbocycles. The second-order valence-electron chi connectivity index (χ2n) is 7.99. The van der Waals surface area contributed by atoms with Gasteiger partial charge in [-0.3, -0.25) is 0 Å². The largest absolute Gasteiger partial charge is 0.391 e. The third-order valence-corrected chi connectivity index (χ3v) is 5.22. The lowest BCUT2D eigenvalue weighted by atomic mass is 9.96. The molecule has 3 aromatic heterocycles. The molecule has 8 nitrogen and oxygen atoms in total. The van der Waals surface area contributed by atoms with Crippen molar-refractivity contribution in [1.29, 1.82) is 0 Å². The molecule has 148 valence electrons. The van der Waals surface area contributed by atoms with Crippen molar-refractivity contribution in [3.05, 3.63) is 33.8 Å². The van der Waals surface area contributed by atoms with Gasteiger partial charge in [-0.05, 0) is 18.6 Å². The topological polar surface area (TPSA) is 92.8 Å². The molecule has 1 unspecified atom stereocenters. The van der Waals surface area contributed by atoms with Gasteiger partial charge in [-0.15, -0.1) is 5.10 Å². The van der Waals surface area contributed by atoms with Crippen molar-refractivity contribution < 1.29 is 5.11 Å². The number of nitrogens with zero attached hydrogens (tertiary/aromatic N) is 7. The summed E-state index contributed by atoms with van der Waals surface area (Å²) in [4.78, 5) is 15.8. The number of hydrogen-bond acceptors (Lipinski definition) is 7. The summed E-state index contributed by atoms with van der Waals surface area (Å²) >= 11 is 12.3. The van der Waals surface area contributed by atoms with Crippen molar-refractivity contribution in [2.75, 3.05) is 18.0 Å². The number of aliphatic hydroxyl groups is 1. The van der Waals surface area contributed by atoms with Gasteiger partial charge in [-0.25, -0.2) is 19.6 Å². The number of halogens is 2. The van der Waals surface area contributed by atoms with E-state index in [4.69, 9.17) is 33.2 Å². The summed E-state index contributed by atoms with van der Waals surface area (Å²) in [5.41, 5.74) is 1.53. The Morgan fingerprint density at radius 1 is 1.18 bits per heavy atom. The van der Waals surface area contributed by atoms with Crippen LogP contribution in [0.4, 0.5) is 5.82 Å². The number of anilines is 1. The van der Waals surface area contributed by atoms with Crippen LogP contribution in [0.5, 0.6) is 0 Å². The Balaban J connectivity index is 1.84. The van der Waals surface area contributed by atoms with Crippen LogP contribution in [-0.4, -0.2) is 54.2 Å². The van der Waals surface area contributed by atoms with Gasteiger partial charge in [-0.1, -0.05) is 49.2 Å². The summed E-state index contributed by atoms with van der Waals surface area (Å²) in [5, 5.41) is 19.4. The van der Waals surface area contributed by atoms with Crippen molar-refractivity contribution in [2.24, 2.45) is 0 Å². The molecule has 1 aliphatic rings. The van der Waals surface area contributed by atoms with Crippen LogP contribution in [0.1, 0.15) is 38.7 Å². The van der Waals surface area contributed by atoms with Gasteiger partial charge in [-0.2, -0.15) is 0 Å². The van der Waals surface area contributed by atoms with Gasteiger partial charge in [0.1, 0.15) is 11.0 Å². The zero-order valence-corrected chi connectivity index (χ0v) is 17.4. The third kappa shape index (κ3) is 3.64. The van der Waals surface area contributed by atoms with Crippen LogP contribution in [0.3, 0.4) is 0 Å². The van der Waals surface area contributed by atoms with Gasteiger partial charge in [0.15, 0.2) is 17.0 Å². The Bertz CT molecular complexity index is 1030. The van der Waals surface area contributed by atoms with Crippen LogP contribution in [0.15, 0.2) is 12.1 Å². The molecule has 0 radical (unpaired) electrons. The molecule has 1 N–H and O–H groups in total. The summed E-state index contributed by atoms with van der Waals surface area (Å²) in [6.07, 6.45) is 0.333. The van der Waals surface area contributed by atoms with Crippen LogP contribution >= 0.6 is 23.2 Å². The van der Waals surface area contributed by atoms with Crippen LogP contribution in [0, 0.1) is 0 Å². The highest BCUT2D eigenvalue weighted by Gasteiger charge is 2.29. The number of hydrogen-bond donors (Lipinski definition) is 1. The minimum Gasteiger partial charge on any atom is -0.391 e. The number of aromatic nitrogens is 6. The zero-order valence-electron chi connectivity index (χ0n) is 15.9. The molecule has 0 bridgehead atoms. The molecule has 28 heavy (non-hydrogen) atoms.